The average molecular weight is 394 g/mol. The molecule has 0 radical (unpaired) electrons. The summed E-state index contributed by atoms with van der Waals surface area (Å²) in [4.78, 5) is 15.1. The van der Waals surface area contributed by atoms with Crippen LogP contribution in [0.1, 0.15) is 47.8 Å². The number of amides is 1. The molecule has 1 amide bonds. The smallest absolute Gasteiger partial charge is 0.335 e. The molecule has 1 aromatic carbocycles. The van der Waals surface area contributed by atoms with Crippen LogP contribution in [0.5, 0.6) is 0 Å². The number of hydrogen-bond acceptors (Lipinski definition) is 3. The number of aromatic nitrogens is 2. The second kappa shape index (κ2) is 8.34. The Morgan fingerprint density at radius 1 is 1.32 bits per heavy atom. The molecular formula is C20H25F3N4O. The van der Waals surface area contributed by atoms with Crippen molar-refractivity contribution in [3.05, 3.63) is 47.3 Å². The number of nitrogens with zero attached hydrogens (tertiary/aromatic N) is 3. The van der Waals surface area contributed by atoms with E-state index in [-0.39, 0.29) is 17.6 Å². The fraction of sp³-hybridized carbons (Fsp3) is 0.500. The third kappa shape index (κ3) is 4.22. The molecule has 2 heterocycles. The molecule has 2 aromatic rings. The normalized spacial score (nSPS) is 15.6. The van der Waals surface area contributed by atoms with Crippen LogP contribution in [-0.4, -0.2) is 46.3 Å². The van der Waals surface area contributed by atoms with E-state index in [1.165, 1.54) is 16.9 Å². The molecule has 0 bridgehead atoms. The highest BCUT2D eigenvalue weighted by Gasteiger charge is 2.31. The summed E-state index contributed by atoms with van der Waals surface area (Å²) in [7, 11) is 0. The number of halogens is 3. The highest BCUT2D eigenvalue weighted by molar-refractivity contribution is 5.95. The Labute approximate surface area is 162 Å². The minimum Gasteiger partial charge on any atom is -0.335 e. The summed E-state index contributed by atoms with van der Waals surface area (Å²) in [5.41, 5.74) is 0.522. The van der Waals surface area contributed by atoms with Gasteiger partial charge in [-0.25, -0.2) is 4.68 Å². The minimum absolute atomic E-state index is 0.107. The van der Waals surface area contributed by atoms with Gasteiger partial charge < -0.3 is 10.2 Å². The van der Waals surface area contributed by atoms with Gasteiger partial charge in [-0.2, -0.15) is 18.3 Å². The predicted molar refractivity (Wildman–Crippen MR) is 101 cm³/mol. The van der Waals surface area contributed by atoms with Crippen LogP contribution < -0.4 is 5.32 Å². The Bertz CT molecular complexity index is 825. The van der Waals surface area contributed by atoms with Crippen molar-refractivity contribution in [3.63, 3.8) is 0 Å². The van der Waals surface area contributed by atoms with Crippen molar-refractivity contribution < 1.29 is 18.0 Å². The Morgan fingerprint density at radius 2 is 2.04 bits per heavy atom. The predicted octanol–water partition coefficient (Wildman–Crippen LogP) is 3.80. The maximum absolute atomic E-state index is 13.2. The number of nitrogens with one attached hydrogen (secondary N) is 1. The molecule has 5 nitrogen and oxygen atoms in total. The van der Waals surface area contributed by atoms with E-state index >= 15 is 0 Å². The Hall–Kier alpha value is -2.35. The topological polar surface area (TPSA) is 50.2 Å². The fourth-order valence-electron chi connectivity index (χ4n) is 3.66. The van der Waals surface area contributed by atoms with Gasteiger partial charge >= 0.3 is 6.18 Å². The van der Waals surface area contributed by atoms with Crippen molar-refractivity contribution in [1.29, 1.82) is 0 Å². The molecule has 1 aliphatic rings. The third-order valence-corrected chi connectivity index (χ3v) is 5.13. The van der Waals surface area contributed by atoms with E-state index in [9.17, 15) is 18.0 Å². The lowest BCUT2D eigenvalue weighted by molar-refractivity contribution is -0.137. The Balaban J connectivity index is 1.90. The number of hydrogen-bond donors (Lipinski definition) is 1. The first-order valence-electron chi connectivity index (χ1n) is 9.57. The summed E-state index contributed by atoms with van der Waals surface area (Å²) in [6.07, 6.45) is -0.333. The zero-order chi connectivity index (χ0) is 20.3. The summed E-state index contributed by atoms with van der Waals surface area (Å²) in [6.45, 7) is 6.15. The van der Waals surface area contributed by atoms with E-state index in [2.05, 4.69) is 10.4 Å². The molecule has 1 aromatic heterocycles. The van der Waals surface area contributed by atoms with Gasteiger partial charge in [0, 0.05) is 12.6 Å². The zero-order valence-electron chi connectivity index (χ0n) is 16.1. The lowest BCUT2D eigenvalue weighted by Crippen LogP contribution is -2.46. The molecule has 0 unspecified atom stereocenters. The van der Waals surface area contributed by atoms with Crippen LogP contribution in [0.4, 0.5) is 13.2 Å². The molecule has 0 atom stereocenters. The second-order valence-electron chi connectivity index (χ2n) is 7.08. The quantitative estimate of drug-likeness (QED) is 0.839. The van der Waals surface area contributed by atoms with Gasteiger partial charge in [0.15, 0.2) is 0 Å². The minimum atomic E-state index is -4.43. The van der Waals surface area contributed by atoms with E-state index in [1.807, 2.05) is 11.8 Å². The van der Waals surface area contributed by atoms with Crippen LogP contribution in [0.3, 0.4) is 0 Å². The van der Waals surface area contributed by atoms with E-state index in [4.69, 9.17) is 0 Å². The maximum atomic E-state index is 13.2. The van der Waals surface area contributed by atoms with Crippen molar-refractivity contribution in [2.24, 2.45) is 0 Å². The standard InChI is InChI=1S/C20H25F3N4O/c1-3-11-26(16-7-9-24-10-8-16)19(28)18-13-25-27(14(18)2)17-6-4-5-15(12-17)20(21,22)23/h4-6,12-13,16,24H,3,7-11H2,1-2H3. The van der Waals surface area contributed by atoms with E-state index in [0.29, 0.717) is 17.8 Å². The highest BCUT2D eigenvalue weighted by atomic mass is 19.4. The molecule has 3 rings (SSSR count). The van der Waals surface area contributed by atoms with Crippen molar-refractivity contribution >= 4 is 5.91 Å². The van der Waals surface area contributed by atoms with Gasteiger partial charge in [0.25, 0.3) is 5.91 Å². The number of carbonyl (C=O) groups excluding carboxylic acids is 1. The summed E-state index contributed by atoms with van der Waals surface area (Å²) < 4.78 is 40.5. The van der Waals surface area contributed by atoms with Gasteiger partial charge in [-0.05, 0) is 57.5 Å². The summed E-state index contributed by atoms with van der Waals surface area (Å²) >= 11 is 0. The largest absolute Gasteiger partial charge is 0.416 e. The molecule has 8 heteroatoms. The monoisotopic (exact) mass is 394 g/mol. The van der Waals surface area contributed by atoms with Gasteiger partial charge in [-0.1, -0.05) is 13.0 Å². The Morgan fingerprint density at radius 3 is 2.68 bits per heavy atom. The van der Waals surface area contributed by atoms with Gasteiger partial charge in [0.1, 0.15) is 0 Å². The second-order valence-corrected chi connectivity index (χ2v) is 7.08. The van der Waals surface area contributed by atoms with Gasteiger partial charge in [-0.3, -0.25) is 4.79 Å². The van der Waals surface area contributed by atoms with E-state index in [1.54, 1.807) is 13.0 Å². The third-order valence-electron chi connectivity index (χ3n) is 5.13. The Kier molecular flexibility index (Phi) is 6.07. The molecular weight excluding hydrogens is 369 g/mol. The fourth-order valence-corrected chi connectivity index (χ4v) is 3.66. The van der Waals surface area contributed by atoms with Crippen LogP contribution >= 0.6 is 0 Å². The first-order chi connectivity index (χ1) is 13.3. The lowest BCUT2D eigenvalue weighted by atomic mass is 10.0. The molecule has 0 aliphatic carbocycles. The van der Waals surface area contributed by atoms with Gasteiger partial charge in [-0.15, -0.1) is 0 Å². The van der Waals surface area contributed by atoms with Crippen molar-refractivity contribution in [2.75, 3.05) is 19.6 Å². The highest BCUT2D eigenvalue weighted by Crippen LogP contribution is 2.30. The van der Waals surface area contributed by atoms with Gasteiger partial charge in [0.05, 0.1) is 28.7 Å². The molecule has 0 saturated carbocycles. The molecule has 152 valence electrons. The molecule has 1 fully saturated rings. The van der Waals surface area contributed by atoms with Crippen LogP contribution in [-0.2, 0) is 6.18 Å². The molecule has 0 spiro atoms. The molecule has 1 saturated heterocycles. The number of benzene rings is 1. The van der Waals surface area contributed by atoms with E-state index in [0.717, 1.165) is 44.5 Å². The van der Waals surface area contributed by atoms with Crippen molar-refractivity contribution in [2.45, 2.75) is 45.3 Å². The number of alkyl halides is 3. The average Bonchev–Trinajstić information content (AvgIpc) is 3.07. The lowest BCUT2D eigenvalue weighted by Gasteiger charge is -2.34. The molecule has 1 N–H and O–H groups in total. The van der Waals surface area contributed by atoms with Crippen LogP contribution in [0.2, 0.25) is 0 Å². The molecule has 28 heavy (non-hydrogen) atoms. The SMILES string of the molecule is CCCN(C(=O)c1cnn(-c2cccc(C(F)(F)F)c2)c1C)C1CCNCC1. The number of rotatable bonds is 5. The number of piperidine rings is 1. The first kappa shape index (κ1) is 20.4. The maximum Gasteiger partial charge on any atom is 0.416 e. The van der Waals surface area contributed by atoms with Crippen molar-refractivity contribution in [1.82, 2.24) is 20.0 Å². The van der Waals surface area contributed by atoms with Crippen molar-refractivity contribution in [3.8, 4) is 5.69 Å². The first-order valence-corrected chi connectivity index (χ1v) is 9.57. The van der Waals surface area contributed by atoms with Crippen LogP contribution in [0, 0.1) is 6.92 Å². The summed E-state index contributed by atoms with van der Waals surface area (Å²) in [5, 5.41) is 7.51. The van der Waals surface area contributed by atoms with Crippen LogP contribution in [0.25, 0.3) is 5.69 Å². The number of carbonyl (C=O) groups is 1. The summed E-state index contributed by atoms with van der Waals surface area (Å²) in [5.74, 6) is -0.107. The van der Waals surface area contributed by atoms with Crippen LogP contribution in [0.15, 0.2) is 30.5 Å². The van der Waals surface area contributed by atoms with E-state index < -0.39 is 11.7 Å². The summed E-state index contributed by atoms with van der Waals surface area (Å²) in [6, 6.07) is 5.14. The van der Waals surface area contributed by atoms with Gasteiger partial charge in [0.2, 0.25) is 0 Å². The molecule has 1 aliphatic heterocycles. The zero-order valence-corrected chi connectivity index (χ0v) is 16.1.